The molecule has 0 spiro atoms. The molecular weight excluding hydrogens is 560 g/mol. The molecule has 1 amide bonds. The molecule has 0 aromatic heterocycles. The van der Waals surface area contributed by atoms with Gasteiger partial charge in [-0.1, -0.05) is 23.2 Å². The number of hydrogen-bond donors (Lipinski definition) is 1. The Morgan fingerprint density at radius 2 is 1.22 bits per heavy atom. The Kier molecular flexibility index (Phi) is 14.1. The molecule has 2 saturated heterocycles. The van der Waals surface area contributed by atoms with Gasteiger partial charge in [0.25, 0.3) is 11.1 Å². The van der Waals surface area contributed by atoms with Crippen molar-refractivity contribution in [1.82, 2.24) is 10.2 Å². The van der Waals surface area contributed by atoms with Gasteiger partial charge in [-0.2, -0.15) is 0 Å². The highest BCUT2D eigenvalue weighted by molar-refractivity contribution is 6.67. The third-order valence-corrected chi connectivity index (χ3v) is 5.88. The molecule has 36 heavy (non-hydrogen) atoms. The first-order valence-corrected chi connectivity index (χ1v) is 11.8. The van der Waals surface area contributed by atoms with E-state index in [1.165, 1.54) is 30.3 Å². The van der Waals surface area contributed by atoms with Gasteiger partial charge in [-0.3, -0.25) is 19.2 Å². The second-order valence-electron chi connectivity index (χ2n) is 7.65. The number of nitrogens with one attached hydrogen (secondary N) is 1. The van der Waals surface area contributed by atoms with Crippen LogP contribution in [0.3, 0.4) is 0 Å². The van der Waals surface area contributed by atoms with E-state index < -0.39 is 16.9 Å². The Morgan fingerprint density at radius 1 is 0.778 bits per heavy atom. The molecule has 4 rings (SSSR count). The molecule has 1 N–H and O–H groups in total. The van der Waals surface area contributed by atoms with Crippen LogP contribution in [0.25, 0.3) is 0 Å². The van der Waals surface area contributed by atoms with E-state index in [1.807, 2.05) is 0 Å². The Bertz CT molecular complexity index is 1080. The number of piperidine rings is 2. The minimum atomic E-state index is -0.646. The zero-order chi connectivity index (χ0) is 26.0. The predicted octanol–water partition coefficient (Wildman–Crippen LogP) is 5.50. The third-order valence-electron chi connectivity index (χ3n) is 5.08. The molecule has 0 atom stereocenters. The van der Waals surface area contributed by atoms with Gasteiger partial charge < -0.3 is 10.2 Å². The van der Waals surface area contributed by atoms with E-state index in [2.05, 4.69) is 5.32 Å². The fourth-order valence-corrected chi connectivity index (χ4v) is 3.57. The van der Waals surface area contributed by atoms with Crippen LogP contribution in [0.1, 0.15) is 46.4 Å². The number of nitrogens with zero attached hydrogens (tertiary/aromatic N) is 1. The second kappa shape index (κ2) is 15.9. The van der Waals surface area contributed by atoms with E-state index in [0.717, 1.165) is 32.0 Å². The highest BCUT2D eigenvalue weighted by Crippen LogP contribution is 2.19. The summed E-state index contributed by atoms with van der Waals surface area (Å²) in [5.74, 6) is -0.741. The molecule has 196 valence electrons. The van der Waals surface area contributed by atoms with Gasteiger partial charge in [0.1, 0.15) is 23.2 Å². The van der Waals surface area contributed by atoms with Crippen LogP contribution in [0.5, 0.6) is 0 Å². The molecule has 2 heterocycles. The van der Waals surface area contributed by atoms with E-state index in [0.29, 0.717) is 37.3 Å². The molecule has 2 aliphatic rings. The summed E-state index contributed by atoms with van der Waals surface area (Å²) in [7, 11) is 0. The van der Waals surface area contributed by atoms with E-state index in [9.17, 15) is 28.0 Å². The lowest BCUT2D eigenvalue weighted by atomic mass is 10.1. The highest BCUT2D eigenvalue weighted by atomic mass is 35.5. The molecule has 0 saturated carbocycles. The zero-order valence-electron chi connectivity index (χ0n) is 19.0. The minimum absolute atomic E-state index is 0. The van der Waals surface area contributed by atoms with Crippen molar-refractivity contribution in [2.24, 2.45) is 0 Å². The average Bonchev–Trinajstić information content (AvgIpc) is 2.84. The van der Waals surface area contributed by atoms with E-state index >= 15 is 0 Å². The van der Waals surface area contributed by atoms with Crippen LogP contribution in [-0.2, 0) is 9.59 Å². The monoisotopic (exact) mass is 582 g/mol. The molecule has 12 heteroatoms. The number of halogens is 6. The van der Waals surface area contributed by atoms with Gasteiger partial charge in [-0.25, -0.2) is 8.78 Å². The van der Waals surface area contributed by atoms with Crippen molar-refractivity contribution < 1.29 is 28.0 Å². The number of hydrogen-bond acceptors (Lipinski definition) is 5. The summed E-state index contributed by atoms with van der Waals surface area (Å²) in [5, 5.41) is 2.28. The molecule has 2 aromatic rings. The maximum Gasteiger partial charge on any atom is 0.253 e. The predicted molar refractivity (Wildman–Crippen MR) is 138 cm³/mol. The van der Waals surface area contributed by atoms with Crippen LogP contribution in [-0.4, -0.2) is 53.8 Å². The van der Waals surface area contributed by atoms with Crippen LogP contribution in [0.4, 0.5) is 8.78 Å². The van der Waals surface area contributed by atoms with Crippen molar-refractivity contribution in [2.45, 2.75) is 25.7 Å². The number of amides is 1. The maximum atomic E-state index is 13.0. The summed E-state index contributed by atoms with van der Waals surface area (Å²) in [6.07, 6.45) is 2.25. The summed E-state index contributed by atoms with van der Waals surface area (Å²) in [6, 6.07) is 7.45. The normalized spacial score (nSPS) is 15.0. The molecule has 0 aliphatic carbocycles. The SMILES string of the molecule is Cl.O=C(Cl)c1ccc(F)c(Cl)c1.O=C1CCN(C(=O)c2ccc(F)c(Cl)c2)CC1.O=C1CCNCC1. The maximum absolute atomic E-state index is 13.0. The largest absolute Gasteiger partial charge is 0.338 e. The first-order valence-electron chi connectivity index (χ1n) is 10.7. The van der Waals surface area contributed by atoms with Crippen molar-refractivity contribution in [3.05, 3.63) is 69.2 Å². The fourth-order valence-electron chi connectivity index (χ4n) is 3.09. The summed E-state index contributed by atoms with van der Waals surface area (Å²) in [4.78, 5) is 45.6. The van der Waals surface area contributed by atoms with Gasteiger partial charge in [0, 0.05) is 63.0 Å². The van der Waals surface area contributed by atoms with Gasteiger partial charge in [0.2, 0.25) is 0 Å². The lowest BCUT2D eigenvalue weighted by Crippen LogP contribution is -2.38. The standard InChI is InChI=1S/C12H11ClFNO2.C7H3Cl2FO.C5H9NO.ClH/c13-10-7-8(1-2-11(10)14)12(17)15-5-3-9(16)4-6-15;8-5-3-4(7(9)11)1-2-6(5)10;7-5-1-3-6-4-2-5;/h1-2,7H,3-6H2;1-3H;6H,1-4H2;1H. The van der Waals surface area contributed by atoms with Crippen LogP contribution in [0.2, 0.25) is 10.0 Å². The molecule has 2 fully saturated rings. The van der Waals surface area contributed by atoms with Crippen LogP contribution >= 0.6 is 47.2 Å². The molecule has 0 radical (unpaired) electrons. The number of ketones is 2. The van der Waals surface area contributed by atoms with Crippen LogP contribution in [0, 0.1) is 11.6 Å². The van der Waals surface area contributed by atoms with E-state index in [-0.39, 0.29) is 39.7 Å². The van der Waals surface area contributed by atoms with Gasteiger partial charge in [0.15, 0.2) is 0 Å². The lowest BCUT2D eigenvalue weighted by Gasteiger charge is -2.26. The Hall–Kier alpha value is -2.10. The van der Waals surface area contributed by atoms with Crippen molar-refractivity contribution in [2.75, 3.05) is 26.2 Å². The Balaban J connectivity index is 0.000000293. The number of likely N-dealkylation sites (tertiary alicyclic amines) is 1. The van der Waals surface area contributed by atoms with Crippen LogP contribution < -0.4 is 5.32 Å². The quantitative estimate of drug-likeness (QED) is 0.472. The number of benzene rings is 2. The first-order chi connectivity index (χ1) is 16.6. The Labute approximate surface area is 228 Å². The summed E-state index contributed by atoms with van der Waals surface area (Å²) in [5.41, 5.74) is 0.545. The van der Waals surface area contributed by atoms with E-state index in [1.54, 1.807) is 4.90 Å². The smallest absolute Gasteiger partial charge is 0.253 e. The molecule has 0 bridgehead atoms. The molecule has 0 unspecified atom stereocenters. The minimum Gasteiger partial charge on any atom is -0.338 e. The highest BCUT2D eigenvalue weighted by Gasteiger charge is 2.22. The van der Waals surface area contributed by atoms with E-state index in [4.69, 9.17) is 34.8 Å². The average molecular weight is 584 g/mol. The fraction of sp³-hybridized carbons (Fsp3) is 0.333. The summed E-state index contributed by atoms with van der Waals surface area (Å²) < 4.78 is 25.4. The number of carbonyl (C=O) groups is 4. The molecule has 6 nitrogen and oxygen atoms in total. The van der Waals surface area contributed by atoms with Crippen molar-refractivity contribution in [3.63, 3.8) is 0 Å². The second-order valence-corrected chi connectivity index (χ2v) is 8.81. The first kappa shape index (κ1) is 31.9. The lowest BCUT2D eigenvalue weighted by molar-refractivity contribution is -0.121. The Morgan fingerprint density at radius 3 is 1.64 bits per heavy atom. The van der Waals surface area contributed by atoms with Crippen molar-refractivity contribution in [1.29, 1.82) is 0 Å². The molecule has 2 aliphatic heterocycles. The van der Waals surface area contributed by atoms with Gasteiger partial charge >= 0.3 is 0 Å². The number of rotatable bonds is 2. The summed E-state index contributed by atoms with van der Waals surface area (Å²) >= 11 is 16.1. The number of Topliss-reactive ketones (excluding diaryl/α,β-unsaturated/α-hetero) is 2. The zero-order valence-corrected chi connectivity index (χ0v) is 22.1. The van der Waals surface area contributed by atoms with Gasteiger partial charge in [-0.05, 0) is 48.0 Å². The molecular formula is C24H24Cl4F2N2O4. The van der Waals surface area contributed by atoms with Crippen molar-refractivity contribution in [3.8, 4) is 0 Å². The van der Waals surface area contributed by atoms with Crippen molar-refractivity contribution >= 4 is 69.9 Å². The third kappa shape index (κ3) is 10.5. The summed E-state index contributed by atoms with van der Waals surface area (Å²) in [6.45, 7) is 2.62. The van der Waals surface area contributed by atoms with Gasteiger partial charge in [0.05, 0.1) is 10.0 Å². The van der Waals surface area contributed by atoms with Gasteiger partial charge in [-0.15, -0.1) is 12.4 Å². The molecule has 2 aromatic carbocycles. The topological polar surface area (TPSA) is 83.6 Å². The number of carbonyl (C=O) groups excluding carboxylic acids is 4. The van der Waals surface area contributed by atoms with Crippen LogP contribution in [0.15, 0.2) is 36.4 Å².